The number of nitrogen functional groups attached to an aromatic ring is 1. The van der Waals surface area contributed by atoms with Crippen LogP contribution in [0, 0.1) is 5.82 Å². The minimum atomic E-state index is -0.558. The second kappa shape index (κ2) is 6.44. The van der Waals surface area contributed by atoms with Gasteiger partial charge < -0.3 is 16.4 Å². The van der Waals surface area contributed by atoms with Crippen LogP contribution >= 0.6 is 11.6 Å². The predicted octanol–water partition coefficient (Wildman–Crippen LogP) is 2.39. The highest BCUT2D eigenvalue weighted by Crippen LogP contribution is 2.26. The van der Waals surface area contributed by atoms with Crippen molar-refractivity contribution in [2.45, 2.75) is 26.3 Å². The second-order valence-electron chi connectivity index (χ2n) is 4.25. The Balaban J connectivity index is 2.49. The molecule has 1 rings (SSSR count). The van der Waals surface area contributed by atoms with Gasteiger partial charge in [0.2, 0.25) is 5.91 Å². The highest BCUT2D eigenvalue weighted by atomic mass is 35.5. The molecule has 0 saturated heterocycles. The SMILES string of the molecule is CC(C)NC(=O)CCNc1cc(Cl)c(F)cc1N. The van der Waals surface area contributed by atoms with E-state index in [-0.39, 0.29) is 22.7 Å². The number of anilines is 2. The molecule has 4 nitrogen and oxygen atoms in total. The van der Waals surface area contributed by atoms with Crippen LogP contribution in [-0.4, -0.2) is 18.5 Å². The summed E-state index contributed by atoms with van der Waals surface area (Å²) in [5, 5.41) is 5.71. The fourth-order valence-electron chi connectivity index (χ4n) is 1.42. The van der Waals surface area contributed by atoms with E-state index >= 15 is 0 Å². The molecule has 0 unspecified atom stereocenters. The largest absolute Gasteiger partial charge is 0.397 e. The van der Waals surface area contributed by atoms with Gasteiger partial charge in [-0.05, 0) is 19.9 Å². The second-order valence-corrected chi connectivity index (χ2v) is 4.66. The van der Waals surface area contributed by atoms with Gasteiger partial charge in [-0.2, -0.15) is 0 Å². The molecule has 4 N–H and O–H groups in total. The molecule has 0 aliphatic carbocycles. The highest BCUT2D eigenvalue weighted by Gasteiger charge is 2.07. The summed E-state index contributed by atoms with van der Waals surface area (Å²) in [6.45, 7) is 4.19. The summed E-state index contributed by atoms with van der Waals surface area (Å²) in [7, 11) is 0. The third kappa shape index (κ3) is 4.41. The maximum atomic E-state index is 13.0. The number of amides is 1. The van der Waals surface area contributed by atoms with Crippen molar-refractivity contribution in [2.75, 3.05) is 17.6 Å². The molecule has 1 aromatic carbocycles. The molecular weight excluding hydrogens is 257 g/mol. The summed E-state index contributed by atoms with van der Waals surface area (Å²) < 4.78 is 13.0. The first kappa shape index (κ1) is 14.6. The Morgan fingerprint density at radius 3 is 2.78 bits per heavy atom. The van der Waals surface area contributed by atoms with Crippen LogP contribution in [0.25, 0.3) is 0 Å². The van der Waals surface area contributed by atoms with E-state index in [4.69, 9.17) is 17.3 Å². The lowest BCUT2D eigenvalue weighted by Crippen LogP contribution is -2.31. The van der Waals surface area contributed by atoms with Crippen LogP contribution in [0.1, 0.15) is 20.3 Å². The molecule has 1 aromatic rings. The van der Waals surface area contributed by atoms with Gasteiger partial charge in [-0.1, -0.05) is 11.6 Å². The van der Waals surface area contributed by atoms with E-state index < -0.39 is 5.82 Å². The van der Waals surface area contributed by atoms with Gasteiger partial charge in [-0.15, -0.1) is 0 Å². The Hall–Kier alpha value is -1.49. The number of hydrogen-bond acceptors (Lipinski definition) is 3. The first-order valence-corrected chi connectivity index (χ1v) is 6.05. The standard InChI is InChI=1S/C12H17ClFN3O/c1-7(2)17-12(18)3-4-16-11-5-8(13)9(14)6-10(11)15/h5-7,16H,3-4,15H2,1-2H3,(H,17,18). The van der Waals surface area contributed by atoms with Gasteiger partial charge in [0.1, 0.15) is 5.82 Å². The van der Waals surface area contributed by atoms with Gasteiger partial charge in [0.15, 0.2) is 0 Å². The van der Waals surface area contributed by atoms with E-state index in [0.29, 0.717) is 18.7 Å². The molecular formula is C12H17ClFN3O. The molecule has 0 heterocycles. The maximum absolute atomic E-state index is 13.0. The summed E-state index contributed by atoms with van der Waals surface area (Å²) in [5.41, 5.74) is 6.42. The van der Waals surface area contributed by atoms with Crippen LogP contribution in [0.4, 0.5) is 15.8 Å². The zero-order chi connectivity index (χ0) is 13.7. The van der Waals surface area contributed by atoms with Crippen molar-refractivity contribution in [1.29, 1.82) is 0 Å². The molecule has 0 spiro atoms. The Labute approximate surface area is 111 Å². The van der Waals surface area contributed by atoms with Crippen LogP contribution in [0.3, 0.4) is 0 Å². The van der Waals surface area contributed by atoms with E-state index in [1.165, 1.54) is 6.07 Å². The van der Waals surface area contributed by atoms with Gasteiger partial charge in [-0.3, -0.25) is 4.79 Å². The number of nitrogens with one attached hydrogen (secondary N) is 2. The van der Waals surface area contributed by atoms with Crippen molar-refractivity contribution in [3.63, 3.8) is 0 Å². The summed E-state index contributed by atoms with van der Waals surface area (Å²) in [6, 6.07) is 2.67. The van der Waals surface area contributed by atoms with Crippen molar-refractivity contribution in [3.8, 4) is 0 Å². The Morgan fingerprint density at radius 2 is 2.17 bits per heavy atom. The predicted molar refractivity (Wildman–Crippen MR) is 72.2 cm³/mol. The fourth-order valence-corrected chi connectivity index (χ4v) is 1.58. The quantitative estimate of drug-likeness (QED) is 0.722. The van der Waals surface area contributed by atoms with Crippen LogP contribution in [0.5, 0.6) is 0 Å². The van der Waals surface area contributed by atoms with Crippen molar-refractivity contribution in [2.24, 2.45) is 0 Å². The van der Waals surface area contributed by atoms with E-state index in [0.717, 1.165) is 6.07 Å². The number of carbonyl (C=O) groups is 1. The molecule has 0 aromatic heterocycles. The molecule has 100 valence electrons. The first-order chi connectivity index (χ1) is 8.40. The Kier molecular flexibility index (Phi) is 5.22. The first-order valence-electron chi connectivity index (χ1n) is 5.68. The molecule has 0 fully saturated rings. The molecule has 0 aliphatic rings. The minimum absolute atomic E-state index is 0.00154. The van der Waals surface area contributed by atoms with Crippen LogP contribution in [0.15, 0.2) is 12.1 Å². The summed E-state index contributed by atoms with van der Waals surface area (Å²) in [6.07, 6.45) is 0.312. The molecule has 0 atom stereocenters. The lowest BCUT2D eigenvalue weighted by molar-refractivity contribution is -0.121. The number of benzene rings is 1. The number of nitrogens with two attached hydrogens (primary N) is 1. The molecule has 6 heteroatoms. The van der Waals surface area contributed by atoms with Crippen LogP contribution in [-0.2, 0) is 4.79 Å². The van der Waals surface area contributed by atoms with Crippen LogP contribution < -0.4 is 16.4 Å². The van der Waals surface area contributed by atoms with Crippen LogP contribution in [0.2, 0.25) is 5.02 Å². The number of carbonyl (C=O) groups excluding carboxylic acids is 1. The maximum Gasteiger partial charge on any atom is 0.221 e. The minimum Gasteiger partial charge on any atom is -0.397 e. The highest BCUT2D eigenvalue weighted by molar-refractivity contribution is 6.31. The molecule has 0 bridgehead atoms. The molecule has 1 amide bonds. The number of hydrogen-bond donors (Lipinski definition) is 3. The zero-order valence-electron chi connectivity index (χ0n) is 10.4. The fraction of sp³-hybridized carbons (Fsp3) is 0.417. The van der Waals surface area contributed by atoms with Crippen molar-refractivity contribution in [3.05, 3.63) is 23.0 Å². The summed E-state index contributed by atoms with van der Waals surface area (Å²) in [5.74, 6) is -0.610. The molecule has 0 saturated carbocycles. The van der Waals surface area contributed by atoms with Gasteiger partial charge in [0.25, 0.3) is 0 Å². The summed E-state index contributed by atoms with van der Waals surface area (Å²) >= 11 is 5.65. The van der Waals surface area contributed by atoms with Gasteiger partial charge >= 0.3 is 0 Å². The van der Waals surface area contributed by atoms with E-state index in [1.54, 1.807) is 0 Å². The van der Waals surface area contributed by atoms with Crippen molar-refractivity contribution in [1.82, 2.24) is 5.32 Å². The molecule has 0 aliphatic heterocycles. The average Bonchev–Trinajstić information content (AvgIpc) is 2.24. The zero-order valence-corrected chi connectivity index (χ0v) is 11.1. The average molecular weight is 274 g/mol. The van der Waals surface area contributed by atoms with Gasteiger partial charge in [0.05, 0.1) is 16.4 Å². The van der Waals surface area contributed by atoms with E-state index in [9.17, 15) is 9.18 Å². The molecule has 0 radical (unpaired) electrons. The number of halogens is 2. The third-order valence-electron chi connectivity index (χ3n) is 2.21. The topological polar surface area (TPSA) is 67.2 Å². The lowest BCUT2D eigenvalue weighted by Gasteiger charge is -2.11. The van der Waals surface area contributed by atoms with E-state index in [1.807, 2.05) is 13.8 Å². The third-order valence-corrected chi connectivity index (χ3v) is 2.50. The Bertz CT molecular complexity index is 438. The van der Waals surface area contributed by atoms with Crippen molar-refractivity contribution < 1.29 is 9.18 Å². The smallest absolute Gasteiger partial charge is 0.221 e. The summed E-state index contributed by atoms with van der Waals surface area (Å²) in [4.78, 5) is 11.4. The van der Waals surface area contributed by atoms with Gasteiger partial charge in [-0.25, -0.2) is 4.39 Å². The Morgan fingerprint density at radius 1 is 1.50 bits per heavy atom. The lowest BCUT2D eigenvalue weighted by atomic mass is 10.2. The van der Waals surface area contributed by atoms with Gasteiger partial charge in [0, 0.05) is 25.1 Å². The normalized spacial score (nSPS) is 10.5. The van der Waals surface area contributed by atoms with E-state index in [2.05, 4.69) is 10.6 Å². The number of rotatable bonds is 5. The van der Waals surface area contributed by atoms with Crippen molar-refractivity contribution >= 4 is 28.9 Å². The molecule has 18 heavy (non-hydrogen) atoms. The monoisotopic (exact) mass is 273 g/mol.